The van der Waals surface area contributed by atoms with E-state index in [0.29, 0.717) is 11.3 Å². The van der Waals surface area contributed by atoms with Crippen LogP contribution in [0.15, 0.2) is 38.8 Å². The molecule has 0 aliphatic carbocycles. The second-order valence-corrected chi connectivity index (χ2v) is 4.37. The molecule has 0 amide bonds. The number of methoxy groups -OCH3 is 1. The van der Waals surface area contributed by atoms with E-state index in [9.17, 15) is 19.5 Å². The smallest absolute Gasteiger partial charge is 0.337 e. The molecule has 8 nitrogen and oxygen atoms in total. The zero-order valence-corrected chi connectivity index (χ0v) is 11.8. The van der Waals surface area contributed by atoms with Crippen molar-refractivity contribution in [3.8, 4) is 5.88 Å². The van der Waals surface area contributed by atoms with Gasteiger partial charge < -0.3 is 9.84 Å². The molecule has 0 unspecified atom stereocenters. The number of hydrogen-bond acceptors (Lipinski definition) is 6. The van der Waals surface area contributed by atoms with Crippen LogP contribution >= 0.6 is 0 Å². The van der Waals surface area contributed by atoms with E-state index in [1.165, 1.54) is 20.1 Å². The lowest BCUT2D eigenvalue weighted by Crippen LogP contribution is -2.27. The average molecular weight is 303 g/mol. The highest BCUT2D eigenvalue weighted by Crippen LogP contribution is 2.17. The third kappa shape index (κ3) is 3.11. The molecule has 0 spiro atoms. The highest BCUT2D eigenvalue weighted by molar-refractivity contribution is 6.01. The molecule has 1 heterocycles. The minimum Gasteiger partial charge on any atom is -0.494 e. The molecule has 2 aromatic rings. The van der Waals surface area contributed by atoms with Crippen molar-refractivity contribution in [1.29, 1.82) is 0 Å². The number of H-pyrrole nitrogens is 2. The lowest BCUT2D eigenvalue weighted by atomic mass is 10.2. The number of aromatic nitrogens is 2. The number of carbonyl (C=O) groups is 1. The van der Waals surface area contributed by atoms with Crippen LogP contribution in [-0.2, 0) is 4.74 Å². The molecule has 0 aliphatic heterocycles. The maximum Gasteiger partial charge on any atom is 0.337 e. The van der Waals surface area contributed by atoms with Gasteiger partial charge in [-0.1, -0.05) is 6.07 Å². The fourth-order valence-corrected chi connectivity index (χ4v) is 1.88. The number of hydrogen-bond donors (Lipinski definition) is 3. The summed E-state index contributed by atoms with van der Waals surface area (Å²) in [5.41, 5.74) is -0.847. The van der Waals surface area contributed by atoms with Crippen LogP contribution in [0.4, 0.5) is 5.69 Å². The zero-order chi connectivity index (χ0) is 16.3. The van der Waals surface area contributed by atoms with Gasteiger partial charge in [0.2, 0.25) is 5.88 Å². The fraction of sp³-hybridized carbons (Fsp3) is 0.143. The molecule has 3 N–H and O–H groups in total. The molecule has 114 valence electrons. The van der Waals surface area contributed by atoms with Crippen LogP contribution in [0.3, 0.4) is 0 Å². The Balaban J connectivity index is 2.48. The van der Waals surface area contributed by atoms with Crippen molar-refractivity contribution in [2.24, 2.45) is 4.99 Å². The van der Waals surface area contributed by atoms with Gasteiger partial charge in [0.05, 0.1) is 24.1 Å². The van der Waals surface area contributed by atoms with Crippen LogP contribution in [0.2, 0.25) is 0 Å². The molecular formula is C14H13N3O5. The molecule has 0 aliphatic rings. The lowest BCUT2D eigenvalue weighted by molar-refractivity contribution is 0.0601. The zero-order valence-electron chi connectivity index (χ0n) is 11.8. The van der Waals surface area contributed by atoms with Gasteiger partial charge in [-0.05, 0) is 25.1 Å². The monoisotopic (exact) mass is 303 g/mol. The maximum absolute atomic E-state index is 11.7. The van der Waals surface area contributed by atoms with Crippen LogP contribution in [0, 0.1) is 0 Å². The van der Waals surface area contributed by atoms with Crippen molar-refractivity contribution < 1.29 is 14.6 Å². The van der Waals surface area contributed by atoms with Crippen molar-refractivity contribution in [3.63, 3.8) is 0 Å². The predicted octanol–water partition coefficient (Wildman–Crippen LogP) is 0.696. The number of carbonyl (C=O) groups excluding carboxylic acids is 1. The lowest BCUT2D eigenvalue weighted by Gasteiger charge is -2.04. The molecule has 0 saturated heterocycles. The van der Waals surface area contributed by atoms with Gasteiger partial charge in [0.1, 0.15) is 5.56 Å². The van der Waals surface area contributed by atoms with Gasteiger partial charge in [-0.15, -0.1) is 0 Å². The van der Waals surface area contributed by atoms with Gasteiger partial charge in [-0.25, -0.2) is 9.59 Å². The quantitative estimate of drug-likeness (QED) is 0.568. The second kappa shape index (κ2) is 6.08. The van der Waals surface area contributed by atoms with Crippen LogP contribution in [-0.4, -0.2) is 33.9 Å². The van der Waals surface area contributed by atoms with Crippen LogP contribution in [0.25, 0.3) is 0 Å². The standard InChI is InChI=1S/C14H13N3O5/c1-7(10-11(18)16-14(21)17-12(10)19)15-9-5-3-4-8(6-9)13(20)22-2/h3-6H,1-2H3,(H3,16,17,18,19,21). The second-order valence-electron chi connectivity index (χ2n) is 4.37. The number of benzene rings is 1. The Bertz CT molecular complexity index is 863. The summed E-state index contributed by atoms with van der Waals surface area (Å²) in [6.07, 6.45) is 0. The summed E-state index contributed by atoms with van der Waals surface area (Å²) in [4.78, 5) is 42.5. The Kier molecular flexibility index (Phi) is 4.21. The van der Waals surface area contributed by atoms with Crippen LogP contribution in [0.5, 0.6) is 5.88 Å². The number of aromatic hydroxyl groups is 1. The van der Waals surface area contributed by atoms with Gasteiger partial charge in [-0.3, -0.25) is 19.8 Å². The number of aliphatic imine (C=N–C) groups is 1. The predicted molar refractivity (Wildman–Crippen MR) is 79.0 cm³/mol. The first-order valence-electron chi connectivity index (χ1n) is 6.22. The minimum atomic E-state index is -0.813. The first-order valence-corrected chi connectivity index (χ1v) is 6.22. The fourth-order valence-electron chi connectivity index (χ4n) is 1.88. The SMILES string of the molecule is COC(=O)c1cccc(N=C(C)c2c(O)[nH]c(=O)[nH]c2=O)c1. The Morgan fingerprint density at radius 1 is 1.27 bits per heavy atom. The number of nitrogens with one attached hydrogen (secondary N) is 2. The summed E-state index contributed by atoms with van der Waals surface area (Å²) < 4.78 is 4.61. The highest BCUT2D eigenvalue weighted by Gasteiger charge is 2.12. The molecule has 1 aromatic heterocycles. The number of nitrogens with zero attached hydrogens (tertiary/aromatic N) is 1. The topological polar surface area (TPSA) is 125 Å². The van der Waals surface area contributed by atoms with E-state index in [2.05, 4.69) is 14.7 Å². The number of esters is 1. The number of rotatable bonds is 3. The van der Waals surface area contributed by atoms with Gasteiger partial charge >= 0.3 is 11.7 Å². The highest BCUT2D eigenvalue weighted by atomic mass is 16.5. The summed E-state index contributed by atoms with van der Waals surface area (Å²) in [6, 6.07) is 6.26. The molecule has 0 saturated carbocycles. The number of ether oxygens (including phenoxy) is 1. The van der Waals surface area contributed by atoms with Crippen molar-refractivity contribution >= 4 is 17.4 Å². The third-order valence-corrected chi connectivity index (χ3v) is 2.85. The Hall–Kier alpha value is -3.16. The van der Waals surface area contributed by atoms with Crippen molar-refractivity contribution in [3.05, 3.63) is 56.2 Å². The molecule has 1 aromatic carbocycles. The first-order chi connectivity index (χ1) is 10.4. The summed E-state index contributed by atoms with van der Waals surface area (Å²) in [6.45, 7) is 1.49. The Morgan fingerprint density at radius 2 is 2.00 bits per heavy atom. The van der Waals surface area contributed by atoms with E-state index in [1.54, 1.807) is 18.2 Å². The summed E-state index contributed by atoms with van der Waals surface area (Å²) >= 11 is 0. The summed E-state index contributed by atoms with van der Waals surface area (Å²) in [7, 11) is 1.27. The van der Waals surface area contributed by atoms with E-state index in [4.69, 9.17) is 0 Å². The van der Waals surface area contributed by atoms with Crippen molar-refractivity contribution in [2.75, 3.05) is 7.11 Å². The molecule has 22 heavy (non-hydrogen) atoms. The average Bonchev–Trinajstić information content (AvgIpc) is 2.45. The molecule has 2 rings (SSSR count). The molecule has 0 fully saturated rings. The molecule has 0 radical (unpaired) electrons. The molecular weight excluding hydrogens is 290 g/mol. The molecule has 0 bridgehead atoms. The third-order valence-electron chi connectivity index (χ3n) is 2.85. The van der Waals surface area contributed by atoms with Gasteiger partial charge in [-0.2, -0.15) is 0 Å². The Morgan fingerprint density at radius 3 is 2.64 bits per heavy atom. The number of aromatic amines is 2. The maximum atomic E-state index is 11.7. The van der Waals surface area contributed by atoms with Gasteiger partial charge in [0.15, 0.2) is 0 Å². The van der Waals surface area contributed by atoms with Crippen molar-refractivity contribution in [1.82, 2.24) is 9.97 Å². The molecule has 0 atom stereocenters. The van der Waals surface area contributed by atoms with Crippen molar-refractivity contribution in [2.45, 2.75) is 6.92 Å². The van der Waals surface area contributed by atoms with E-state index >= 15 is 0 Å². The normalized spacial score (nSPS) is 11.3. The minimum absolute atomic E-state index is 0.150. The van der Waals surface area contributed by atoms with E-state index in [-0.39, 0.29) is 11.3 Å². The van der Waals surface area contributed by atoms with Crippen LogP contribution < -0.4 is 11.2 Å². The van der Waals surface area contributed by atoms with E-state index in [1.807, 2.05) is 4.98 Å². The van der Waals surface area contributed by atoms with E-state index < -0.39 is 23.1 Å². The van der Waals surface area contributed by atoms with Gasteiger partial charge in [0.25, 0.3) is 5.56 Å². The van der Waals surface area contributed by atoms with Gasteiger partial charge in [0, 0.05) is 0 Å². The first kappa shape index (κ1) is 15.2. The van der Waals surface area contributed by atoms with E-state index in [0.717, 1.165) is 0 Å². The summed E-state index contributed by atoms with van der Waals surface area (Å²) in [5, 5.41) is 9.67. The summed E-state index contributed by atoms with van der Waals surface area (Å²) in [5.74, 6) is -1.08. The largest absolute Gasteiger partial charge is 0.494 e. The Labute approximate surface area is 124 Å². The molecule has 8 heteroatoms. The van der Waals surface area contributed by atoms with Crippen LogP contribution in [0.1, 0.15) is 22.8 Å².